The molecule has 0 atom stereocenters. The molecular weight excluding hydrogens is 186 g/mol. The molecule has 0 saturated carbocycles. The normalized spacial score (nSPS) is 10.1. The van der Waals surface area contributed by atoms with Crippen LogP contribution in [0.3, 0.4) is 0 Å². The largest absolute Gasteiger partial charge is 0.364 e. The fraction of sp³-hybridized carbons (Fsp3) is 0.250. The van der Waals surface area contributed by atoms with Gasteiger partial charge in [-0.15, -0.1) is 12.6 Å². The second kappa shape index (κ2) is 3.26. The smallest absolute Gasteiger partial charge is 0.266 e. The molecule has 0 aliphatic heterocycles. The van der Waals surface area contributed by atoms with Gasteiger partial charge in [0.2, 0.25) is 0 Å². The molecule has 0 spiro atoms. The maximum Gasteiger partial charge on any atom is 0.266 e. The summed E-state index contributed by atoms with van der Waals surface area (Å²) >= 11 is 4.20. The first-order valence-corrected chi connectivity index (χ1v) is 4.14. The number of carbonyl (C=O) groups excluding carboxylic acids is 1. The van der Waals surface area contributed by atoms with Crippen LogP contribution in [0.1, 0.15) is 21.7 Å². The predicted molar refractivity (Wildman–Crippen MR) is 53.8 cm³/mol. The minimum absolute atomic E-state index is 0.331. The molecule has 0 unspecified atom stereocenters. The maximum atomic E-state index is 11.0. The number of amides is 1. The second-order valence-corrected chi connectivity index (χ2v) is 3.21. The molecule has 0 fully saturated rings. The van der Waals surface area contributed by atoms with Gasteiger partial charge in [0.25, 0.3) is 5.91 Å². The first-order chi connectivity index (χ1) is 6.00. The van der Waals surface area contributed by atoms with E-state index in [1.54, 1.807) is 11.6 Å². The summed E-state index contributed by atoms with van der Waals surface area (Å²) in [6.07, 6.45) is 1.09. The summed E-state index contributed by atoms with van der Waals surface area (Å²) in [7, 11) is 1.72. The Labute approximate surface area is 81.7 Å². The van der Waals surface area contributed by atoms with Crippen LogP contribution < -0.4 is 5.73 Å². The summed E-state index contributed by atoms with van der Waals surface area (Å²) in [4.78, 5) is 11.7. The minimum atomic E-state index is -0.538. The lowest BCUT2D eigenvalue weighted by Gasteiger charge is -2.00. The van der Waals surface area contributed by atoms with Gasteiger partial charge in [-0.25, -0.2) is 0 Å². The van der Waals surface area contributed by atoms with E-state index < -0.39 is 5.91 Å². The molecule has 0 bridgehead atoms. The minimum Gasteiger partial charge on any atom is -0.364 e. The average Bonchev–Trinajstić information content (AvgIpc) is 2.29. The molecule has 0 aromatic carbocycles. The van der Waals surface area contributed by atoms with Crippen LogP contribution in [0.4, 0.5) is 0 Å². The first-order valence-electron chi connectivity index (χ1n) is 3.69. The van der Waals surface area contributed by atoms with Crippen molar-refractivity contribution in [3.8, 4) is 0 Å². The molecule has 1 heterocycles. The summed E-state index contributed by atoms with van der Waals surface area (Å²) in [6.45, 7) is 1.82. The molecule has 1 amide bonds. The second-order valence-electron chi connectivity index (χ2n) is 2.76. The van der Waals surface area contributed by atoms with E-state index in [-0.39, 0.29) is 0 Å². The van der Waals surface area contributed by atoms with Gasteiger partial charge in [0.05, 0.1) is 0 Å². The topological polar surface area (TPSA) is 71.9 Å². The molecule has 0 radical (unpaired) electrons. The first kappa shape index (κ1) is 9.85. The van der Waals surface area contributed by atoms with E-state index in [2.05, 4.69) is 12.6 Å². The molecule has 13 heavy (non-hydrogen) atoms. The van der Waals surface area contributed by atoms with Crippen molar-refractivity contribution < 1.29 is 4.79 Å². The Hall–Kier alpha value is -1.23. The van der Waals surface area contributed by atoms with Crippen LogP contribution in [0.5, 0.6) is 0 Å². The lowest BCUT2D eigenvalue weighted by atomic mass is 10.2. The molecular formula is C8H11N3OS. The number of thiol groups is 1. The van der Waals surface area contributed by atoms with E-state index in [0.717, 1.165) is 11.9 Å². The fourth-order valence-electron chi connectivity index (χ4n) is 1.25. The molecule has 1 aromatic rings. The Morgan fingerprint density at radius 1 is 1.69 bits per heavy atom. The zero-order valence-corrected chi connectivity index (χ0v) is 8.35. The number of primary amides is 1. The van der Waals surface area contributed by atoms with Crippen molar-refractivity contribution in [2.45, 2.75) is 11.8 Å². The maximum absolute atomic E-state index is 11.0. The van der Waals surface area contributed by atoms with Gasteiger partial charge in [-0.2, -0.15) is 0 Å². The van der Waals surface area contributed by atoms with Gasteiger partial charge in [0.15, 0.2) is 0 Å². The van der Waals surface area contributed by atoms with Crippen molar-refractivity contribution in [1.82, 2.24) is 4.57 Å². The molecule has 1 rings (SSSR count). The van der Waals surface area contributed by atoms with Gasteiger partial charge < -0.3 is 15.7 Å². The number of aromatic nitrogens is 1. The van der Waals surface area contributed by atoms with Gasteiger partial charge in [0, 0.05) is 29.4 Å². The molecule has 0 saturated heterocycles. The quantitative estimate of drug-likeness (QED) is 0.474. The van der Waals surface area contributed by atoms with Crippen LogP contribution in [0.2, 0.25) is 0 Å². The van der Waals surface area contributed by atoms with Crippen molar-refractivity contribution in [2.24, 2.45) is 12.8 Å². The molecule has 0 aliphatic rings. The zero-order valence-electron chi connectivity index (χ0n) is 7.46. The molecule has 1 aromatic heterocycles. The van der Waals surface area contributed by atoms with Crippen molar-refractivity contribution >= 4 is 24.8 Å². The SMILES string of the molecule is Cc1c(S)c(C=N)c(C(N)=O)n1C. The van der Waals surface area contributed by atoms with Crippen LogP contribution in [0, 0.1) is 12.3 Å². The highest BCUT2D eigenvalue weighted by Gasteiger charge is 2.17. The van der Waals surface area contributed by atoms with E-state index in [4.69, 9.17) is 11.1 Å². The van der Waals surface area contributed by atoms with Gasteiger partial charge in [-0.1, -0.05) is 0 Å². The zero-order chi connectivity index (χ0) is 10.2. The van der Waals surface area contributed by atoms with E-state index in [0.29, 0.717) is 16.2 Å². The number of hydrogen-bond donors (Lipinski definition) is 3. The molecule has 3 N–H and O–H groups in total. The Morgan fingerprint density at radius 3 is 2.54 bits per heavy atom. The summed E-state index contributed by atoms with van der Waals surface area (Å²) in [6, 6.07) is 0. The predicted octanol–water partition coefficient (Wildman–Crippen LogP) is 0.719. The van der Waals surface area contributed by atoms with Crippen LogP contribution in [0.25, 0.3) is 0 Å². The molecule has 0 aliphatic carbocycles. The third kappa shape index (κ3) is 1.35. The summed E-state index contributed by atoms with van der Waals surface area (Å²) in [5, 5.41) is 7.13. The lowest BCUT2D eigenvalue weighted by molar-refractivity contribution is 0.0992. The number of nitrogens with one attached hydrogen (secondary N) is 1. The third-order valence-corrected chi connectivity index (χ3v) is 2.63. The molecule has 5 heteroatoms. The monoisotopic (exact) mass is 197 g/mol. The van der Waals surface area contributed by atoms with Gasteiger partial charge in [-0.3, -0.25) is 4.79 Å². The highest BCUT2D eigenvalue weighted by molar-refractivity contribution is 7.80. The van der Waals surface area contributed by atoms with Crippen molar-refractivity contribution in [3.05, 3.63) is 17.0 Å². The average molecular weight is 197 g/mol. The van der Waals surface area contributed by atoms with E-state index in [9.17, 15) is 4.79 Å². The van der Waals surface area contributed by atoms with Gasteiger partial charge >= 0.3 is 0 Å². The molecule has 70 valence electrons. The summed E-state index contributed by atoms with van der Waals surface area (Å²) in [5.74, 6) is -0.538. The summed E-state index contributed by atoms with van der Waals surface area (Å²) < 4.78 is 1.64. The van der Waals surface area contributed by atoms with Crippen LogP contribution in [-0.4, -0.2) is 16.7 Å². The highest BCUT2D eigenvalue weighted by atomic mass is 32.1. The summed E-state index contributed by atoms with van der Waals surface area (Å²) in [5.41, 5.74) is 6.82. The third-order valence-electron chi connectivity index (χ3n) is 2.07. The Bertz CT molecular complexity index is 381. The van der Waals surface area contributed by atoms with Crippen LogP contribution in [0.15, 0.2) is 4.90 Å². The number of nitrogens with zero attached hydrogens (tertiary/aromatic N) is 1. The number of hydrogen-bond acceptors (Lipinski definition) is 3. The van der Waals surface area contributed by atoms with E-state index in [1.807, 2.05) is 6.92 Å². The van der Waals surface area contributed by atoms with E-state index in [1.165, 1.54) is 0 Å². The fourth-order valence-corrected chi connectivity index (χ4v) is 1.57. The van der Waals surface area contributed by atoms with Crippen molar-refractivity contribution in [3.63, 3.8) is 0 Å². The Balaban J connectivity index is 3.57. The van der Waals surface area contributed by atoms with Crippen LogP contribution in [-0.2, 0) is 7.05 Å². The number of rotatable bonds is 2. The van der Waals surface area contributed by atoms with Crippen molar-refractivity contribution in [1.29, 1.82) is 5.41 Å². The van der Waals surface area contributed by atoms with Gasteiger partial charge in [0.1, 0.15) is 5.69 Å². The van der Waals surface area contributed by atoms with E-state index >= 15 is 0 Å². The van der Waals surface area contributed by atoms with Gasteiger partial charge in [-0.05, 0) is 6.92 Å². The number of nitrogens with two attached hydrogens (primary N) is 1. The molecule has 4 nitrogen and oxygen atoms in total. The lowest BCUT2D eigenvalue weighted by Crippen LogP contribution is -2.17. The standard InChI is InChI=1S/C8H11N3OS/c1-4-7(13)5(3-9)6(8(10)12)11(4)2/h3,9,13H,1-2H3,(H2,10,12). The van der Waals surface area contributed by atoms with Crippen LogP contribution >= 0.6 is 12.6 Å². The highest BCUT2D eigenvalue weighted by Crippen LogP contribution is 2.22. The number of carbonyl (C=O) groups is 1. The Morgan fingerprint density at radius 2 is 2.23 bits per heavy atom. The Kier molecular flexibility index (Phi) is 2.47. The van der Waals surface area contributed by atoms with Crippen molar-refractivity contribution in [2.75, 3.05) is 0 Å².